The van der Waals surface area contributed by atoms with Crippen LogP contribution in [0, 0.1) is 0 Å². The summed E-state index contributed by atoms with van der Waals surface area (Å²) in [4.78, 5) is 2.57. The Hall–Kier alpha value is 0.270. The van der Waals surface area contributed by atoms with Gasteiger partial charge in [-0.05, 0) is 45.5 Å². The fourth-order valence-corrected chi connectivity index (χ4v) is 2.02. The highest BCUT2D eigenvalue weighted by Gasteiger charge is 2.09. The van der Waals surface area contributed by atoms with Gasteiger partial charge in [0.1, 0.15) is 0 Å². The smallest absolute Gasteiger partial charge is 0.0996 e. The summed E-state index contributed by atoms with van der Waals surface area (Å²) in [6.07, 6.45) is 7.49. The molecule has 1 aliphatic rings. The van der Waals surface area contributed by atoms with Crippen molar-refractivity contribution < 1.29 is 4.74 Å². The van der Waals surface area contributed by atoms with Gasteiger partial charge in [0.15, 0.2) is 0 Å². The Balaban J connectivity index is 1.92. The molecule has 3 heteroatoms. The highest BCUT2D eigenvalue weighted by Crippen LogP contribution is 2.10. The number of hydrogen-bond donors (Lipinski definition) is 0. The van der Waals surface area contributed by atoms with Crippen molar-refractivity contribution in [3.63, 3.8) is 0 Å². The Morgan fingerprint density at radius 3 is 2.64 bits per heavy atom. The number of rotatable bonds is 6. The van der Waals surface area contributed by atoms with Gasteiger partial charge in [-0.2, -0.15) is 0 Å². The fraction of sp³-hybridized carbons (Fsp3) is 1.00. The van der Waals surface area contributed by atoms with Crippen molar-refractivity contribution in [3.05, 3.63) is 0 Å². The molecule has 0 amide bonds. The first-order chi connectivity index (χ1) is 6.83. The predicted octanol–water partition coefficient (Wildman–Crippen LogP) is 2.59. The summed E-state index contributed by atoms with van der Waals surface area (Å²) in [6, 6.07) is 0. The van der Waals surface area contributed by atoms with E-state index in [1.54, 1.807) is 11.8 Å². The summed E-state index contributed by atoms with van der Waals surface area (Å²) >= 11 is 1.77. The van der Waals surface area contributed by atoms with E-state index < -0.39 is 0 Å². The number of nitrogens with zero attached hydrogens (tertiary/aromatic N) is 1. The molecule has 1 fully saturated rings. The van der Waals surface area contributed by atoms with Crippen molar-refractivity contribution in [2.75, 3.05) is 32.5 Å². The Morgan fingerprint density at radius 1 is 1.29 bits per heavy atom. The second-order valence-corrected chi connectivity index (χ2v) is 5.07. The summed E-state index contributed by atoms with van der Waals surface area (Å²) in [5.41, 5.74) is 0.358. The maximum atomic E-state index is 5.62. The number of hydrogen-bond acceptors (Lipinski definition) is 3. The summed E-state index contributed by atoms with van der Waals surface area (Å²) in [5, 5.41) is 0. The zero-order valence-electron chi connectivity index (χ0n) is 9.50. The molecule has 0 bridgehead atoms. The molecule has 0 saturated carbocycles. The van der Waals surface area contributed by atoms with Crippen LogP contribution in [-0.4, -0.2) is 42.8 Å². The first kappa shape index (κ1) is 12.3. The van der Waals surface area contributed by atoms with Gasteiger partial charge in [0.2, 0.25) is 0 Å². The molecule has 0 spiro atoms. The molecule has 1 rings (SSSR count). The second kappa shape index (κ2) is 7.55. The van der Waals surface area contributed by atoms with Crippen LogP contribution in [0.3, 0.4) is 0 Å². The molecule has 84 valence electrons. The lowest BCUT2D eigenvalue weighted by Crippen LogP contribution is -2.31. The minimum atomic E-state index is 0.358. The van der Waals surface area contributed by atoms with E-state index in [1.807, 2.05) is 0 Å². The van der Waals surface area contributed by atoms with Gasteiger partial charge < -0.3 is 9.64 Å². The van der Waals surface area contributed by atoms with E-state index in [2.05, 4.69) is 18.1 Å². The monoisotopic (exact) mass is 217 g/mol. The topological polar surface area (TPSA) is 12.5 Å². The van der Waals surface area contributed by atoms with Crippen LogP contribution in [0.5, 0.6) is 0 Å². The minimum absolute atomic E-state index is 0.358. The van der Waals surface area contributed by atoms with Gasteiger partial charge in [-0.15, -0.1) is 11.8 Å². The lowest BCUT2D eigenvalue weighted by molar-refractivity contribution is 0.108. The Kier molecular flexibility index (Phi) is 6.65. The number of ether oxygens (including phenoxy) is 1. The summed E-state index contributed by atoms with van der Waals surface area (Å²) < 4.78 is 5.62. The van der Waals surface area contributed by atoms with Gasteiger partial charge in [-0.3, -0.25) is 0 Å². The molecule has 0 aromatic carbocycles. The van der Waals surface area contributed by atoms with Crippen molar-refractivity contribution in [1.82, 2.24) is 4.90 Å². The maximum absolute atomic E-state index is 5.62. The van der Waals surface area contributed by atoms with Crippen LogP contribution in [0.15, 0.2) is 0 Å². The molecule has 14 heavy (non-hydrogen) atoms. The Morgan fingerprint density at radius 2 is 2.00 bits per heavy atom. The van der Waals surface area contributed by atoms with Crippen molar-refractivity contribution >= 4 is 11.8 Å². The van der Waals surface area contributed by atoms with Gasteiger partial charge >= 0.3 is 0 Å². The van der Waals surface area contributed by atoms with Gasteiger partial charge in [0.25, 0.3) is 0 Å². The van der Waals surface area contributed by atoms with E-state index in [0.717, 1.165) is 6.61 Å². The third-order valence-electron chi connectivity index (χ3n) is 2.75. The van der Waals surface area contributed by atoms with Crippen LogP contribution in [0.4, 0.5) is 0 Å². The van der Waals surface area contributed by atoms with Gasteiger partial charge in [0.05, 0.1) is 5.44 Å². The van der Waals surface area contributed by atoms with Crippen LogP contribution in [-0.2, 0) is 4.74 Å². The van der Waals surface area contributed by atoms with E-state index in [0.29, 0.717) is 5.44 Å². The van der Waals surface area contributed by atoms with Crippen LogP contribution < -0.4 is 0 Å². The first-order valence-electron chi connectivity index (χ1n) is 5.69. The zero-order chi connectivity index (χ0) is 10.2. The Labute approximate surface area is 92.4 Å². The highest BCUT2D eigenvalue weighted by atomic mass is 32.2. The highest BCUT2D eigenvalue weighted by molar-refractivity contribution is 7.99. The quantitative estimate of drug-likeness (QED) is 0.501. The normalized spacial score (nSPS) is 21.0. The Bertz CT molecular complexity index is 137. The molecule has 1 unspecified atom stereocenters. The fourth-order valence-electron chi connectivity index (χ4n) is 1.79. The zero-order valence-corrected chi connectivity index (χ0v) is 10.3. The summed E-state index contributed by atoms with van der Waals surface area (Å²) in [6.45, 7) is 6.86. The van der Waals surface area contributed by atoms with E-state index >= 15 is 0 Å². The molecule has 0 radical (unpaired) electrons. The molecule has 0 aromatic rings. The molecule has 1 aliphatic heterocycles. The van der Waals surface area contributed by atoms with E-state index in [1.165, 1.54) is 45.3 Å². The molecule has 2 nitrogen and oxygen atoms in total. The molecule has 1 saturated heterocycles. The third kappa shape index (κ3) is 5.23. The van der Waals surface area contributed by atoms with Crippen LogP contribution in [0.25, 0.3) is 0 Å². The SMILES string of the molecule is CSC(C)OCCCN1CCCCC1. The summed E-state index contributed by atoms with van der Waals surface area (Å²) in [5.74, 6) is 0. The molecule has 1 atom stereocenters. The average Bonchev–Trinajstić information content (AvgIpc) is 2.25. The average molecular weight is 217 g/mol. The standard InChI is InChI=1S/C11H23NOS/c1-11(14-2)13-10-6-9-12-7-4-3-5-8-12/h11H,3-10H2,1-2H3. The van der Waals surface area contributed by atoms with E-state index in [-0.39, 0.29) is 0 Å². The van der Waals surface area contributed by atoms with Crippen LogP contribution >= 0.6 is 11.8 Å². The lowest BCUT2D eigenvalue weighted by Gasteiger charge is -2.26. The van der Waals surface area contributed by atoms with Crippen LogP contribution in [0.1, 0.15) is 32.6 Å². The molecular formula is C11H23NOS. The van der Waals surface area contributed by atoms with E-state index in [4.69, 9.17) is 4.74 Å². The van der Waals surface area contributed by atoms with Gasteiger partial charge in [0, 0.05) is 13.2 Å². The molecule has 0 aliphatic carbocycles. The van der Waals surface area contributed by atoms with Crippen molar-refractivity contribution in [1.29, 1.82) is 0 Å². The maximum Gasteiger partial charge on any atom is 0.0996 e. The van der Waals surface area contributed by atoms with E-state index in [9.17, 15) is 0 Å². The molecule has 0 aromatic heterocycles. The van der Waals surface area contributed by atoms with Gasteiger partial charge in [-0.1, -0.05) is 6.42 Å². The number of likely N-dealkylation sites (tertiary alicyclic amines) is 1. The number of piperidine rings is 1. The van der Waals surface area contributed by atoms with Crippen molar-refractivity contribution in [2.24, 2.45) is 0 Å². The molecule has 0 N–H and O–H groups in total. The van der Waals surface area contributed by atoms with Gasteiger partial charge in [-0.25, -0.2) is 0 Å². The molecular weight excluding hydrogens is 194 g/mol. The summed E-state index contributed by atoms with van der Waals surface area (Å²) in [7, 11) is 0. The van der Waals surface area contributed by atoms with Crippen molar-refractivity contribution in [2.45, 2.75) is 38.0 Å². The first-order valence-corrected chi connectivity index (χ1v) is 6.98. The van der Waals surface area contributed by atoms with Crippen molar-refractivity contribution in [3.8, 4) is 0 Å². The number of thioether (sulfide) groups is 1. The predicted molar refractivity (Wildman–Crippen MR) is 63.8 cm³/mol. The largest absolute Gasteiger partial charge is 0.368 e. The lowest BCUT2D eigenvalue weighted by atomic mass is 10.1. The third-order valence-corrected chi connectivity index (χ3v) is 3.55. The molecule has 1 heterocycles. The minimum Gasteiger partial charge on any atom is -0.368 e. The van der Waals surface area contributed by atoms with Crippen LogP contribution in [0.2, 0.25) is 0 Å². The second-order valence-electron chi connectivity index (χ2n) is 3.93.